The van der Waals surface area contributed by atoms with E-state index in [1.54, 1.807) is 0 Å². The zero-order valence-corrected chi connectivity index (χ0v) is 28.9. The summed E-state index contributed by atoms with van der Waals surface area (Å²) in [7, 11) is 0. The summed E-state index contributed by atoms with van der Waals surface area (Å²) in [5.74, 6) is 2.81. The maximum absolute atomic E-state index is 6.36. The molecule has 0 atom stereocenters. The van der Waals surface area contributed by atoms with E-state index in [9.17, 15) is 0 Å². The molecule has 8 aromatic rings. The average Bonchev–Trinajstić information content (AvgIpc) is 3.78. The largest absolute Gasteiger partial charge is 2.00 e. The van der Waals surface area contributed by atoms with Gasteiger partial charge < -0.3 is 9.30 Å². The van der Waals surface area contributed by atoms with Gasteiger partial charge in [0, 0.05) is 23.3 Å². The van der Waals surface area contributed by atoms with Crippen molar-refractivity contribution in [2.24, 2.45) is 0 Å². The molecular formula is C40H33N5OPt. The van der Waals surface area contributed by atoms with Crippen LogP contribution in [0, 0.1) is 12.1 Å². The fourth-order valence-corrected chi connectivity index (χ4v) is 6.43. The van der Waals surface area contributed by atoms with Crippen molar-refractivity contribution < 1.29 is 25.8 Å². The summed E-state index contributed by atoms with van der Waals surface area (Å²) in [6.45, 7) is 8.97. The van der Waals surface area contributed by atoms with E-state index in [4.69, 9.17) is 14.8 Å². The van der Waals surface area contributed by atoms with Crippen molar-refractivity contribution in [3.05, 3.63) is 139 Å². The van der Waals surface area contributed by atoms with E-state index in [0.717, 1.165) is 44.8 Å². The smallest absolute Gasteiger partial charge is 0.509 e. The zero-order valence-electron chi connectivity index (χ0n) is 26.6. The van der Waals surface area contributed by atoms with Crippen LogP contribution in [0.15, 0.2) is 116 Å². The SMILES string of the molecule is CC(C)c1cccc(C(C)C)c1-c1cnn(-c2[c-]c(Oc3[c-]c(-n4c5ccccc5n5c6ccccc6nc45)ccc3)ccc2)c1.[Pt+2]. The van der Waals surface area contributed by atoms with E-state index >= 15 is 0 Å². The number of aromatic nitrogens is 5. The predicted octanol–water partition coefficient (Wildman–Crippen LogP) is 9.92. The Morgan fingerprint density at radius 3 is 1.94 bits per heavy atom. The molecule has 0 aliphatic heterocycles. The number of rotatable bonds is 7. The monoisotopic (exact) mass is 794 g/mol. The summed E-state index contributed by atoms with van der Waals surface area (Å²) in [6.07, 6.45) is 4.04. The van der Waals surface area contributed by atoms with Crippen LogP contribution in [-0.2, 0) is 21.1 Å². The van der Waals surface area contributed by atoms with E-state index in [1.165, 1.54) is 16.7 Å². The Labute approximate surface area is 288 Å². The summed E-state index contributed by atoms with van der Waals surface area (Å²) in [5.41, 5.74) is 10.8. The van der Waals surface area contributed by atoms with Crippen LogP contribution in [0.5, 0.6) is 11.5 Å². The third kappa shape index (κ3) is 5.37. The molecule has 0 amide bonds. The molecule has 0 spiro atoms. The van der Waals surface area contributed by atoms with Gasteiger partial charge in [-0.05, 0) is 58.5 Å². The first-order valence-corrected chi connectivity index (χ1v) is 15.7. The van der Waals surface area contributed by atoms with Gasteiger partial charge in [0.1, 0.15) is 0 Å². The molecule has 0 radical (unpaired) electrons. The minimum absolute atomic E-state index is 0. The Kier molecular flexibility index (Phi) is 8.07. The molecule has 0 saturated heterocycles. The van der Waals surface area contributed by atoms with E-state index in [-0.39, 0.29) is 21.1 Å². The third-order valence-electron chi connectivity index (χ3n) is 8.56. The molecule has 6 nitrogen and oxygen atoms in total. The zero-order chi connectivity index (χ0) is 31.4. The van der Waals surface area contributed by atoms with Crippen molar-refractivity contribution in [1.29, 1.82) is 0 Å². The van der Waals surface area contributed by atoms with Crippen LogP contribution >= 0.6 is 0 Å². The van der Waals surface area contributed by atoms with Crippen LogP contribution in [0.4, 0.5) is 0 Å². The minimum atomic E-state index is 0. The van der Waals surface area contributed by atoms with E-state index in [0.29, 0.717) is 23.3 Å². The predicted molar refractivity (Wildman–Crippen MR) is 184 cm³/mol. The molecular weight excluding hydrogens is 762 g/mol. The van der Waals surface area contributed by atoms with Gasteiger partial charge in [0.2, 0.25) is 5.78 Å². The normalized spacial score (nSPS) is 11.6. The number of hydrogen-bond acceptors (Lipinski definition) is 3. The van der Waals surface area contributed by atoms with Gasteiger partial charge in [0.15, 0.2) is 0 Å². The van der Waals surface area contributed by atoms with Gasteiger partial charge in [-0.15, -0.1) is 36.4 Å². The Balaban J connectivity index is 0.00000351. The molecule has 3 heterocycles. The summed E-state index contributed by atoms with van der Waals surface area (Å²) in [4.78, 5) is 4.99. The number of imidazole rings is 2. The van der Waals surface area contributed by atoms with Crippen LogP contribution in [0.3, 0.4) is 0 Å². The minimum Gasteiger partial charge on any atom is -0.509 e. The number of hydrogen-bond donors (Lipinski definition) is 0. The van der Waals surface area contributed by atoms with E-state index in [2.05, 4.69) is 97.5 Å². The summed E-state index contributed by atoms with van der Waals surface area (Å²) >= 11 is 0. The molecule has 7 heteroatoms. The van der Waals surface area contributed by atoms with Gasteiger partial charge in [0.25, 0.3) is 0 Å². The molecule has 47 heavy (non-hydrogen) atoms. The van der Waals surface area contributed by atoms with E-state index < -0.39 is 0 Å². The van der Waals surface area contributed by atoms with Gasteiger partial charge in [-0.25, -0.2) is 4.98 Å². The fourth-order valence-electron chi connectivity index (χ4n) is 6.43. The van der Waals surface area contributed by atoms with Crippen LogP contribution in [-0.4, -0.2) is 23.7 Å². The topological polar surface area (TPSA) is 49.3 Å². The Hall–Kier alpha value is -4.93. The van der Waals surface area contributed by atoms with Gasteiger partial charge in [-0.3, -0.25) is 9.08 Å². The first-order chi connectivity index (χ1) is 22.5. The number of ether oxygens (including phenoxy) is 1. The summed E-state index contributed by atoms with van der Waals surface area (Å²) in [5, 5.41) is 4.75. The van der Waals surface area contributed by atoms with Crippen molar-refractivity contribution in [3.8, 4) is 34.0 Å². The molecule has 8 rings (SSSR count). The van der Waals surface area contributed by atoms with E-state index in [1.807, 2.05) is 71.5 Å². The second-order valence-electron chi connectivity index (χ2n) is 12.3. The van der Waals surface area contributed by atoms with Crippen LogP contribution in [0.1, 0.15) is 50.7 Å². The van der Waals surface area contributed by atoms with Crippen molar-refractivity contribution in [3.63, 3.8) is 0 Å². The van der Waals surface area contributed by atoms with Gasteiger partial charge in [-0.2, -0.15) is 17.2 Å². The average molecular weight is 795 g/mol. The second kappa shape index (κ2) is 12.3. The second-order valence-corrected chi connectivity index (χ2v) is 12.3. The van der Waals surface area contributed by atoms with Crippen LogP contribution in [0.2, 0.25) is 0 Å². The standard InChI is InChI=1S/C40H33N5O.Pt/c1-26(2)33-16-11-17-34(27(3)4)39(33)28-24-41-43(25-28)29-12-9-14-31(22-29)46-32-15-10-13-30(23-32)44-37-20-7-8-21-38(37)45-36-19-6-5-18-35(36)42-40(44)45;/h5-21,24-27H,1-4H3;/q-2;+2. The summed E-state index contributed by atoms with van der Waals surface area (Å²) < 4.78 is 12.6. The molecule has 0 bridgehead atoms. The number of para-hydroxylation sites is 4. The molecule has 0 unspecified atom stereocenters. The summed E-state index contributed by atoms with van der Waals surface area (Å²) in [6, 6.07) is 41.9. The van der Waals surface area contributed by atoms with Crippen molar-refractivity contribution in [2.45, 2.75) is 39.5 Å². The first-order valence-electron chi connectivity index (χ1n) is 15.7. The van der Waals surface area contributed by atoms with Crippen molar-refractivity contribution >= 4 is 27.8 Å². The third-order valence-corrected chi connectivity index (χ3v) is 8.56. The number of benzene rings is 5. The molecule has 0 N–H and O–H groups in total. The van der Waals surface area contributed by atoms with Crippen LogP contribution < -0.4 is 4.74 Å². The van der Waals surface area contributed by atoms with Gasteiger partial charge >= 0.3 is 21.1 Å². The Morgan fingerprint density at radius 1 is 0.638 bits per heavy atom. The fraction of sp³-hybridized carbons (Fsp3) is 0.150. The maximum atomic E-state index is 6.36. The Morgan fingerprint density at radius 2 is 1.23 bits per heavy atom. The molecule has 5 aromatic carbocycles. The first kappa shape index (κ1) is 30.7. The number of fused-ring (bicyclic) bond motifs is 5. The molecule has 0 aliphatic carbocycles. The molecule has 0 aliphatic rings. The van der Waals surface area contributed by atoms with Crippen LogP contribution in [0.25, 0.3) is 50.3 Å². The van der Waals surface area contributed by atoms with Gasteiger partial charge in [-0.1, -0.05) is 75.8 Å². The van der Waals surface area contributed by atoms with Crippen molar-refractivity contribution in [2.75, 3.05) is 0 Å². The number of nitrogens with zero attached hydrogens (tertiary/aromatic N) is 5. The molecule has 234 valence electrons. The molecule has 3 aromatic heterocycles. The molecule has 0 fully saturated rings. The van der Waals surface area contributed by atoms with Gasteiger partial charge in [0.05, 0.1) is 28.3 Å². The van der Waals surface area contributed by atoms with Crippen molar-refractivity contribution in [1.82, 2.24) is 23.7 Å². The maximum Gasteiger partial charge on any atom is 2.00 e. The quantitative estimate of drug-likeness (QED) is 0.151. The Bertz CT molecular complexity index is 2350. The molecule has 0 saturated carbocycles.